The number of nitrogens with zero attached hydrogens (tertiary/aromatic N) is 1. The number of amides is 1. The summed E-state index contributed by atoms with van der Waals surface area (Å²) in [6.07, 6.45) is 0.967. The molecule has 0 radical (unpaired) electrons. The van der Waals surface area contributed by atoms with Crippen LogP contribution in [0.15, 0.2) is 12.1 Å². The van der Waals surface area contributed by atoms with Crippen LogP contribution < -0.4 is 9.62 Å². The average molecular weight is 346 g/mol. The standard InChI is InChI=1S/C10H11Cl3N2O3S/c1-14-10(16)5-15(19(2,17)18)9-4-7(12)6(11)3-8(9)13/h3-4H,5H2,1-2H3,(H,14,16). The van der Waals surface area contributed by atoms with E-state index in [1.165, 1.54) is 19.2 Å². The Labute approximate surface area is 126 Å². The lowest BCUT2D eigenvalue weighted by Crippen LogP contribution is -2.39. The number of benzene rings is 1. The van der Waals surface area contributed by atoms with Crippen molar-refractivity contribution >= 4 is 56.4 Å². The molecule has 0 saturated heterocycles. The van der Waals surface area contributed by atoms with Gasteiger partial charge >= 0.3 is 0 Å². The predicted molar refractivity (Wildman–Crippen MR) is 77.7 cm³/mol. The Morgan fingerprint density at radius 2 is 1.74 bits per heavy atom. The molecule has 9 heteroatoms. The number of hydrogen-bond donors (Lipinski definition) is 1. The predicted octanol–water partition coefficient (Wildman–Crippen LogP) is 2.16. The highest BCUT2D eigenvalue weighted by Crippen LogP contribution is 2.35. The van der Waals surface area contributed by atoms with E-state index in [0.29, 0.717) is 0 Å². The number of nitrogens with one attached hydrogen (secondary N) is 1. The summed E-state index contributed by atoms with van der Waals surface area (Å²) in [5.41, 5.74) is 0.0992. The summed E-state index contributed by atoms with van der Waals surface area (Å²) in [6.45, 7) is -0.396. The minimum Gasteiger partial charge on any atom is -0.358 e. The molecule has 5 nitrogen and oxygen atoms in total. The van der Waals surface area contributed by atoms with Crippen LogP contribution in [0.3, 0.4) is 0 Å². The average Bonchev–Trinajstić information content (AvgIpc) is 2.29. The first-order chi connectivity index (χ1) is 8.66. The molecule has 0 fully saturated rings. The molecule has 0 atom stereocenters. The molecule has 0 unspecified atom stereocenters. The number of carbonyl (C=O) groups excluding carboxylic acids is 1. The van der Waals surface area contributed by atoms with Crippen molar-refractivity contribution < 1.29 is 13.2 Å². The summed E-state index contributed by atoms with van der Waals surface area (Å²) in [4.78, 5) is 11.4. The van der Waals surface area contributed by atoms with Gasteiger partial charge in [-0.25, -0.2) is 8.42 Å². The maximum absolute atomic E-state index is 11.7. The molecule has 0 aromatic heterocycles. The number of sulfonamides is 1. The Hall–Kier alpha value is -0.690. The van der Waals surface area contributed by atoms with Crippen LogP contribution >= 0.6 is 34.8 Å². The molecular weight excluding hydrogens is 335 g/mol. The van der Waals surface area contributed by atoms with Crippen LogP contribution in [0, 0.1) is 0 Å². The van der Waals surface area contributed by atoms with Gasteiger partial charge in [0.05, 0.1) is 27.0 Å². The first-order valence-corrected chi connectivity index (χ1v) is 7.98. The van der Waals surface area contributed by atoms with Crippen molar-refractivity contribution in [2.45, 2.75) is 0 Å². The van der Waals surface area contributed by atoms with Crippen molar-refractivity contribution in [1.82, 2.24) is 5.32 Å². The van der Waals surface area contributed by atoms with Crippen molar-refractivity contribution in [3.63, 3.8) is 0 Å². The molecule has 1 N–H and O–H groups in total. The van der Waals surface area contributed by atoms with Gasteiger partial charge in [-0.15, -0.1) is 0 Å². The Balaban J connectivity index is 3.34. The quantitative estimate of drug-likeness (QED) is 0.850. The van der Waals surface area contributed by atoms with Crippen LogP contribution in [0.25, 0.3) is 0 Å². The first kappa shape index (κ1) is 16.4. The fraction of sp³-hybridized carbons (Fsp3) is 0.300. The Morgan fingerprint density at radius 3 is 2.21 bits per heavy atom. The molecule has 19 heavy (non-hydrogen) atoms. The second kappa shape index (κ2) is 6.17. The number of likely N-dealkylation sites (N-methyl/N-ethyl adjacent to an activating group) is 1. The fourth-order valence-electron chi connectivity index (χ4n) is 1.29. The summed E-state index contributed by atoms with van der Waals surface area (Å²) < 4.78 is 24.3. The zero-order valence-corrected chi connectivity index (χ0v) is 13.2. The molecule has 1 rings (SSSR count). The van der Waals surface area contributed by atoms with Crippen molar-refractivity contribution in [2.75, 3.05) is 24.2 Å². The Bertz CT molecular complexity index is 604. The molecule has 0 heterocycles. The molecule has 0 spiro atoms. The van der Waals surface area contributed by atoms with Crippen LogP contribution in [-0.4, -0.2) is 34.2 Å². The summed E-state index contributed by atoms with van der Waals surface area (Å²) in [5, 5.41) is 2.77. The molecule has 1 aromatic carbocycles. The van der Waals surface area contributed by atoms with Gasteiger partial charge in [0.15, 0.2) is 0 Å². The third-order valence-electron chi connectivity index (χ3n) is 2.22. The van der Waals surface area contributed by atoms with Crippen LogP contribution in [-0.2, 0) is 14.8 Å². The van der Waals surface area contributed by atoms with E-state index in [4.69, 9.17) is 34.8 Å². The molecule has 1 amide bonds. The number of hydrogen-bond acceptors (Lipinski definition) is 3. The number of halogens is 3. The van der Waals surface area contributed by atoms with Crippen LogP contribution in [0.5, 0.6) is 0 Å². The van der Waals surface area contributed by atoms with E-state index in [1.807, 2.05) is 0 Å². The molecule has 0 saturated carbocycles. The first-order valence-electron chi connectivity index (χ1n) is 4.99. The van der Waals surface area contributed by atoms with Gasteiger partial charge in [-0.3, -0.25) is 9.10 Å². The van der Waals surface area contributed by atoms with E-state index in [0.717, 1.165) is 10.6 Å². The smallest absolute Gasteiger partial charge is 0.240 e. The SMILES string of the molecule is CNC(=O)CN(c1cc(Cl)c(Cl)cc1Cl)S(C)(=O)=O. The van der Waals surface area contributed by atoms with E-state index in [-0.39, 0.29) is 20.8 Å². The highest BCUT2D eigenvalue weighted by atomic mass is 35.5. The zero-order chi connectivity index (χ0) is 14.8. The third kappa shape index (κ3) is 4.14. The second-order valence-electron chi connectivity index (χ2n) is 3.66. The van der Waals surface area contributed by atoms with E-state index in [2.05, 4.69) is 5.32 Å². The van der Waals surface area contributed by atoms with Crippen LogP contribution in [0.1, 0.15) is 0 Å². The van der Waals surface area contributed by atoms with Gasteiger partial charge < -0.3 is 5.32 Å². The van der Waals surface area contributed by atoms with Gasteiger partial charge in [-0.05, 0) is 12.1 Å². The molecule has 1 aromatic rings. The molecular formula is C10H11Cl3N2O3S. The highest BCUT2D eigenvalue weighted by Gasteiger charge is 2.23. The van der Waals surface area contributed by atoms with Crippen molar-refractivity contribution in [3.8, 4) is 0 Å². The van der Waals surface area contributed by atoms with E-state index >= 15 is 0 Å². The van der Waals surface area contributed by atoms with Gasteiger partial charge in [0.1, 0.15) is 6.54 Å². The zero-order valence-electron chi connectivity index (χ0n) is 10.1. The molecule has 0 aliphatic carbocycles. The topological polar surface area (TPSA) is 66.5 Å². The number of carbonyl (C=O) groups is 1. The molecule has 106 valence electrons. The third-order valence-corrected chi connectivity index (χ3v) is 4.38. The van der Waals surface area contributed by atoms with Gasteiger partial charge in [-0.1, -0.05) is 34.8 Å². The number of anilines is 1. The minimum absolute atomic E-state index is 0.0868. The van der Waals surface area contributed by atoms with Gasteiger partial charge in [0, 0.05) is 7.05 Å². The summed E-state index contributed by atoms with van der Waals surface area (Å²) >= 11 is 17.6. The fourth-order valence-corrected chi connectivity index (χ4v) is 2.85. The maximum Gasteiger partial charge on any atom is 0.240 e. The summed E-state index contributed by atoms with van der Waals surface area (Å²) in [7, 11) is -2.29. The van der Waals surface area contributed by atoms with Crippen molar-refractivity contribution in [2.24, 2.45) is 0 Å². The minimum atomic E-state index is -3.69. The molecule has 0 aliphatic heterocycles. The van der Waals surface area contributed by atoms with E-state index < -0.39 is 22.5 Å². The van der Waals surface area contributed by atoms with Crippen molar-refractivity contribution in [1.29, 1.82) is 0 Å². The highest BCUT2D eigenvalue weighted by molar-refractivity contribution is 7.92. The number of rotatable bonds is 4. The lowest BCUT2D eigenvalue weighted by molar-refractivity contribution is -0.119. The monoisotopic (exact) mass is 344 g/mol. The van der Waals surface area contributed by atoms with E-state index in [1.54, 1.807) is 0 Å². The Kier molecular flexibility index (Phi) is 5.32. The lowest BCUT2D eigenvalue weighted by atomic mass is 10.3. The van der Waals surface area contributed by atoms with Crippen LogP contribution in [0.4, 0.5) is 5.69 Å². The normalized spacial score (nSPS) is 11.2. The van der Waals surface area contributed by atoms with Crippen LogP contribution in [0.2, 0.25) is 15.1 Å². The van der Waals surface area contributed by atoms with E-state index in [9.17, 15) is 13.2 Å². The van der Waals surface area contributed by atoms with Crippen molar-refractivity contribution in [3.05, 3.63) is 27.2 Å². The van der Waals surface area contributed by atoms with Gasteiger partial charge in [0.2, 0.25) is 15.9 Å². The molecule has 0 bridgehead atoms. The summed E-state index contributed by atoms with van der Waals surface area (Å²) in [6, 6.07) is 2.62. The molecule has 0 aliphatic rings. The van der Waals surface area contributed by atoms with Gasteiger partial charge in [0.25, 0.3) is 0 Å². The van der Waals surface area contributed by atoms with Gasteiger partial charge in [-0.2, -0.15) is 0 Å². The largest absolute Gasteiger partial charge is 0.358 e. The lowest BCUT2D eigenvalue weighted by Gasteiger charge is -2.23. The second-order valence-corrected chi connectivity index (χ2v) is 6.79. The summed E-state index contributed by atoms with van der Waals surface area (Å²) in [5.74, 6) is -0.479. The maximum atomic E-state index is 11.7. The Morgan fingerprint density at radius 1 is 1.21 bits per heavy atom.